The van der Waals surface area contributed by atoms with Gasteiger partial charge in [-0.1, -0.05) is 25.0 Å². The average molecular weight is 274 g/mol. The maximum Gasteiger partial charge on any atom is 0.228 e. The number of carbonyl (C=O) groups excluding carboxylic acids is 2. The molecule has 0 radical (unpaired) electrons. The van der Waals surface area contributed by atoms with Crippen molar-refractivity contribution in [2.24, 2.45) is 11.8 Å². The van der Waals surface area contributed by atoms with Crippen molar-refractivity contribution in [1.29, 1.82) is 0 Å². The third-order valence-electron chi connectivity index (χ3n) is 4.06. The van der Waals surface area contributed by atoms with Crippen molar-refractivity contribution in [2.75, 3.05) is 5.32 Å². The van der Waals surface area contributed by atoms with Gasteiger partial charge in [0.2, 0.25) is 5.91 Å². The summed E-state index contributed by atoms with van der Waals surface area (Å²) in [4.78, 5) is 23.5. The highest BCUT2D eigenvalue weighted by Crippen LogP contribution is 2.31. The molecule has 1 amide bonds. The van der Waals surface area contributed by atoms with Gasteiger partial charge in [-0.2, -0.15) is 0 Å². The zero-order valence-corrected chi connectivity index (χ0v) is 11.9. The predicted octanol–water partition coefficient (Wildman–Crippen LogP) is 1.80. The molecule has 1 aliphatic carbocycles. The lowest BCUT2D eigenvalue weighted by Gasteiger charge is -2.31. The molecule has 1 aromatic carbocycles. The second kappa shape index (κ2) is 6.07. The van der Waals surface area contributed by atoms with E-state index in [1.54, 1.807) is 0 Å². The van der Waals surface area contributed by atoms with E-state index in [0.717, 1.165) is 29.7 Å². The number of rotatable bonds is 3. The van der Waals surface area contributed by atoms with Crippen LogP contribution >= 0.6 is 0 Å². The number of amides is 1. The third kappa shape index (κ3) is 3.18. The number of carboxylic acid groups (broad SMARTS) is 1. The smallest absolute Gasteiger partial charge is 0.228 e. The fourth-order valence-corrected chi connectivity index (χ4v) is 2.82. The highest BCUT2D eigenvalue weighted by molar-refractivity contribution is 5.95. The first-order valence-electron chi connectivity index (χ1n) is 7.08. The number of carbonyl (C=O) groups is 2. The molecule has 2 rings (SSSR count). The number of aliphatic carboxylic acids is 1. The summed E-state index contributed by atoms with van der Waals surface area (Å²) in [5, 5.41) is 14.0. The van der Waals surface area contributed by atoms with E-state index in [2.05, 4.69) is 5.32 Å². The van der Waals surface area contributed by atoms with Gasteiger partial charge >= 0.3 is 0 Å². The number of anilines is 1. The standard InChI is InChI=1S/C16H21NO3/c1-10-7-8-11(2)14(9-10)17-15(18)12-5-3-4-6-13(12)16(19)20/h7-9,12-13H,3-6H2,1-2H3,(H,17,18)(H,19,20)/p-1/t12-,13-/m0/s1. The van der Waals surface area contributed by atoms with Gasteiger partial charge in [-0.25, -0.2) is 0 Å². The first kappa shape index (κ1) is 14.6. The lowest BCUT2D eigenvalue weighted by molar-refractivity contribution is -0.313. The zero-order valence-electron chi connectivity index (χ0n) is 11.9. The highest BCUT2D eigenvalue weighted by Gasteiger charge is 2.31. The van der Waals surface area contributed by atoms with E-state index in [4.69, 9.17) is 0 Å². The summed E-state index contributed by atoms with van der Waals surface area (Å²) < 4.78 is 0. The van der Waals surface area contributed by atoms with Crippen LogP contribution in [0, 0.1) is 25.7 Å². The second-order valence-electron chi connectivity index (χ2n) is 5.62. The zero-order chi connectivity index (χ0) is 14.7. The Morgan fingerprint density at radius 2 is 1.80 bits per heavy atom. The fraction of sp³-hybridized carbons (Fsp3) is 0.500. The molecule has 4 nitrogen and oxygen atoms in total. The van der Waals surface area contributed by atoms with Crippen LogP contribution in [0.1, 0.15) is 36.8 Å². The van der Waals surface area contributed by atoms with Crippen LogP contribution in [0.4, 0.5) is 5.69 Å². The van der Waals surface area contributed by atoms with E-state index in [0.29, 0.717) is 12.8 Å². The molecule has 0 saturated heterocycles. The van der Waals surface area contributed by atoms with Gasteiger partial charge in [-0.3, -0.25) is 4.79 Å². The number of benzene rings is 1. The maximum atomic E-state index is 12.3. The first-order chi connectivity index (χ1) is 9.49. The Labute approximate surface area is 119 Å². The minimum atomic E-state index is -1.11. The lowest BCUT2D eigenvalue weighted by atomic mass is 9.78. The van der Waals surface area contributed by atoms with Crippen LogP contribution in [-0.2, 0) is 9.59 Å². The van der Waals surface area contributed by atoms with Crippen LogP contribution in [-0.4, -0.2) is 11.9 Å². The van der Waals surface area contributed by atoms with Crippen LogP contribution in [0.3, 0.4) is 0 Å². The monoisotopic (exact) mass is 274 g/mol. The molecule has 0 heterocycles. The summed E-state index contributed by atoms with van der Waals surface area (Å²) in [5.74, 6) is -2.44. The van der Waals surface area contributed by atoms with E-state index in [-0.39, 0.29) is 5.91 Å². The van der Waals surface area contributed by atoms with Crippen molar-refractivity contribution >= 4 is 17.6 Å². The molecule has 0 aliphatic heterocycles. The van der Waals surface area contributed by atoms with Crippen LogP contribution in [0.2, 0.25) is 0 Å². The molecule has 1 aromatic rings. The molecule has 1 fully saturated rings. The summed E-state index contributed by atoms with van der Waals surface area (Å²) in [7, 11) is 0. The SMILES string of the molecule is Cc1ccc(C)c(NC(=O)[C@H]2CCCC[C@@H]2C(=O)[O-])c1. The lowest BCUT2D eigenvalue weighted by Crippen LogP contribution is -2.42. The van der Waals surface area contributed by atoms with E-state index in [1.165, 1.54) is 0 Å². The highest BCUT2D eigenvalue weighted by atomic mass is 16.4. The summed E-state index contributed by atoms with van der Waals surface area (Å²) in [6, 6.07) is 5.84. The Morgan fingerprint density at radius 1 is 1.15 bits per heavy atom. The Morgan fingerprint density at radius 3 is 2.45 bits per heavy atom. The van der Waals surface area contributed by atoms with Gasteiger partial charge in [0.25, 0.3) is 0 Å². The van der Waals surface area contributed by atoms with Gasteiger partial charge in [0, 0.05) is 23.5 Å². The summed E-state index contributed by atoms with van der Waals surface area (Å²) >= 11 is 0. The number of hydrogen-bond acceptors (Lipinski definition) is 3. The molecule has 0 spiro atoms. The Kier molecular flexibility index (Phi) is 4.42. The van der Waals surface area contributed by atoms with E-state index in [9.17, 15) is 14.7 Å². The minimum Gasteiger partial charge on any atom is -0.550 e. The van der Waals surface area contributed by atoms with Crippen molar-refractivity contribution in [3.8, 4) is 0 Å². The van der Waals surface area contributed by atoms with E-state index < -0.39 is 17.8 Å². The van der Waals surface area contributed by atoms with Crippen LogP contribution in [0.25, 0.3) is 0 Å². The van der Waals surface area contributed by atoms with Crippen molar-refractivity contribution < 1.29 is 14.7 Å². The van der Waals surface area contributed by atoms with Crippen molar-refractivity contribution in [1.82, 2.24) is 0 Å². The van der Waals surface area contributed by atoms with Gasteiger partial charge in [-0.05, 0) is 43.9 Å². The Balaban J connectivity index is 2.14. The summed E-state index contributed by atoms with van der Waals surface area (Å²) in [6.07, 6.45) is 2.91. The Hall–Kier alpha value is -1.84. The topological polar surface area (TPSA) is 69.2 Å². The second-order valence-corrected chi connectivity index (χ2v) is 5.62. The van der Waals surface area contributed by atoms with E-state index >= 15 is 0 Å². The largest absolute Gasteiger partial charge is 0.550 e. The van der Waals surface area contributed by atoms with Gasteiger partial charge in [0.15, 0.2) is 0 Å². The predicted molar refractivity (Wildman–Crippen MR) is 75.0 cm³/mol. The molecule has 4 heteroatoms. The molecule has 1 saturated carbocycles. The molecule has 108 valence electrons. The van der Waals surface area contributed by atoms with Crippen LogP contribution in [0.15, 0.2) is 18.2 Å². The molecule has 0 bridgehead atoms. The number of aryl methyl sites for hydroxylation is 2. The van der Waals surface area contributed by atoms with Gasteiger partial charge in [0.05, 0.1) is 0 Å². The first-order valence-corrected chi connectivity index (χ1v) is 7.08. The summed E-state index contributed by atoms with van der Waals surface area (Å²) in [6.45, 7) is 3.88. The van der Waals surface area contributed by atoms with Gasteiger partial charge < -0.3 is 15.2 Å². The minimum absolute atomic E-state index is 0.201. The van der Waals surface area contributed by atoms with Crippen LogP contribution in [0.5, 0.6) is 0 Å². The molecular formula is C16H20NO3-. The molecule has 2 atom stereocenters. The third-order valence-corrected chi connectivity index (χ3v) is 4.06. The molecular weight excluding hydrogens is 254 g/mol. The number of hydrogen-bond donors (Lipinski definition) is 1. The molecule has 0 aromatic heterocycles. The normalized spacial score (nSPS) is 22.3. The van der Waals surface area contributed by atoms with E-state index in [1.807, 2.05) is 32.0 Å². The van der Waals surface area contributed by atoms with Crippen molar-refractivity contribution in [3.63, 3.8) is 0 Å². The van der Waals surface area contributed by atoms with Crippen molar-refractivity contribution in [2.45, 2.75) is 39.5 Å². The molecule has 1 N–H and O–H groups in total. The van der Waals surface area contributed by atoms with Gasteiger partial charge in [-0.15, -0.1) is 0 Å². The Bertz CT molecular complexity index is 524. The van der Waals surface area contributed by atoms with Gasteiger partial charge in [0.1, 0.15) is 0 Å². The fourth-order valence-electron chi connectivity index (χ4n) is 2.82. The summed E-state index contributed by atoms with van der Waals surface area (Å²) in [5.41, 5.74) is 2.80. The molecule has 20 heavy (non-hydrogen) atoms. The quantitative estimate of drug-likeness (QED) is 0.913. The number of nitrogens with one attached hydrogen (secondary N) is 1. The number of carboxylic acids is 1. The van der Waals surface area contributed by atoms with Crippen molar-refractivity contribution in [3.05, 3.63) is 29.3 Å². The van der Waals surface area contributed by atoms with Crippen LogP contribution < -0.4 is 10.4 Å². The average Bonchev–Trinajstić information content (AvgIpc) is 2.42. The maximum absolute atomic E-state index is 12.3. The molecule has 0 unspecified atom stereocenters. The molecule has 1 aliphatic rings.